The van der Waals surface area contributed by atoms with Crippen molar-refractivity contribution in [2.24, 2.45) is 18.9 Å². The van der Waals surface area contributed by atoms with E-state index in [-0.39, 0.29) is 5.91 Å². The van der Waals surface area contributed by atoms with Crippen LogP contribution in [-0.4, -0.2) is 44.4 Å². The number of carbonyl (C=O) groups excluding carboxylic acids is 1. The molecular weight excluding hydrogens is 336 g/mol. The predicted molar refractivity (Wildman–Crippen MR) is 96.1 cm³/mol. The number of amides is 1. The average Bonchev–Trinajstić information content (AvgIpc) is 3.29. The van der Waals surface area contributed by atoms with E-state index in [0.29, 0.717) is 17.3 Å². The zero-order valence-corrected chi connectivity index (χ0v) is 15.4. The van der Waals surface area contributed by atoms with Crippen molar-refractivity contribution in [2.75, 3.05) is 18.8 Å². The van der Waals surface area contributed by atoms with Crippen LogP contribution in [0.3, 0.4) is 0 Å². The van der Waals surface area contributed by atoms with Crippen molar-refractivity contribution in [1.29, 1.82) is 0 Å². The van der Waals surface area contributed by atoms with E-state index in [1.54, 1.807) is 6.26 Å². The molecular formula is C18H24N4O2S. The number of rotatable bonds is 4. The van der Waals surface area contributed by atoms with Crippen molar-refractivity contribution in [3.63, 3.8) is 0 Å². The van der Waals surface area contributed by atoms with Crippen molar-refractivity contribution in [3.05, 3.63) is 18.4 Å². The molecule has 4 rings (SSSR count). The van der Waals surface area contributed by atoms with Gasteiger partial charge < -0.3 is 13.9 Å². The van der Waals surface area contributed by atoms with Crippen LogP contribution >= 0.6 is 11.8 Å². The summed E-state index contributed by atoms with van der Waals surface area (Å²) in [6.45, 7) is 1.86. The maximum absolute atomic E-state index is 12.6. The first kappa shape index (κ1) is 16.7. The number of aromatic nitrogens is 3. The Morgan fingerprint density at radius 2 is 2.12 bits per heavy atom. The van der Waals surface area contributed by atoms with Gasteiger partial charge in [-0.2, -0.15) is 0 Å². The molecule has 1 aliphatic heterocycles. The Kier molecular flexibility index (Phi) is 4.83. The Bertz CT molecular complexity index is 728. The largest absolute Gasteiger partial charge is 0.461 e. The van der Waals surface area contributed by atoms with Gasteiger partial charge in [0.25, 0.3) is 0 Å². The van der Waals surface area contributed by atoms with E-state index in [1.807, 2.05) is 23.7 Å². The van der Waals surface area contributed by atoms with Gasteiger partial charge in [0.2, 0.25) is 5.91 Å². The van der Waals surface area contributed by atoms with Gasteiger partial charge in [0, 0.05) is 20.1 Å². The number of hydrogen-bond donors (Lipinski definition) is 0. The summed E-state index contributed by atoms with van der Waals surface area (Å²) >= 11 is 1.45. The van der Waals surface area contributed by atoms with E-state index < -0.39 is 0 Å². The third-order valence-electron chi connectivity index (χ3n) is 5.55. The SMILES string of the molecule is Cn1c(SCC(=O)N2CC[C@H]3CCCC[C@H]3C2)nnc1-c1ccco1. The molecule has 0 spiro atoms. The Morgan fingerprint density at radius 3 is 2.92 bits per heavy atom. The predicted octanol–water partition coefficient (Wildman–Crippen LogP) is 3.21. The van der Waals surface area contributed by atoms with Crippen LogP contribution in [0.2, 0.25) is 0 Å². The molecule has 25 heavy (non-hydrogen) atoms. The highest BCUT2D eigenvalue weighted by molar-refractivity contribution is 7.99. The van der Waals surface area contributed by atoms with E-state index in [2.05, 4.69) is 15.1 Å². The van der Waals surface area contributed by atoms with E-state index in [1.165, 1.54) is 43.9 Å². The number of nitrogens with zero attached hydrogens (tertiary/aromatic N) is 4. The Balaban J connectivity index is 1.35. The first-order chi connectivity index (χ1) is 12.2. The molecule has 0 N–H and O–H groups in total. The Labute approximate surface area is 152 Å². The molecule has 3 heterocycles. The smallest absolute Gasteiger partial charge is 0.233 e. The summed E-state index contributed by atoms with van der Waals surface area (Å²) in [4.78, 5) is 14.7. The van der Waals surface area contributed by atoms with Gasteiger partial charge >= 0.3 is 0 Å². The molecule has 1 amide bonds. The zero-order valence-electron chi connectivity index (χ0n) is 14.6. The molecule has 0 radical (unpaired) electrons. The van der Waals surface area contributed by atoms with Crippen LogP contribution in [0, 0.1) is 11.8 Å². The number of hydrogen-bond acceptors (Lipinski definition) is 5. The van der Waals surface area contributed by atoms with Gasteiger partial charge in [-0.05, 0) is 36.8 Å². The first-order valence-electron chi connectivity index (χ1n) is 9.06. The molecule has 0 bridgehead atoms. The van der Waals surface area contributed by atoms with Gasteiger partial charge in [0.1, 0.15) is 0 Å². The second kappa shape index (κ2) is 7.23. The molecule has 2 fully saturated rings. The van der Waals surface area contributed by atoms with Crippen LogP contribution in [0.4, 0.5) is 0 Å². The summed E-state index contributed by atoms with van der Waals surface area (Å²) in [6, 6.07) is 3.69. The molecule has 134 valence electrons. The molecule has 6 nitrogen and oxygen atoms in total. The Hall–Kier alpha value is -1.76. The van der Waals surface area contributed by atoms with Gasteiger partial charge in [-0.1, -0.05) is 31.0 Å². The number of fused-ring (bicyclic) bond motifs is 1. The molecule has 1 aliphatic carbocycles. The van der Waals surface area contributed by atoms with Crippen LogP contribution in [0.1, 0.15) is 32.1 Å². The van der Waals surface area contributed by atoms with Crippen LogP contribution in [0.15, 0.2) is 28.0 Å². The van der Waals surface area contributed by atoms with Crippen LogP contribution in [-0.2, 0) is 11.8 Å². The normalized spacial score (nSPS) is 23.5. The highest BCUT2D eigenvalue weighted by Gasteiger charge is 2.32. The molecule has 2 aliphatic rings. The van der Waals surface area contributed by atoms with Gasteiger partial charge in [-0.15, -0.1) is 10.2 Å². The third-order valence-corrected chi connectivity index (χ3v) is 6.55. The fourth-order valence-corrected chi connectivity index (χ4v) is 4.92. The minimum absolute atomic E-state index is 0.219. The lowest BCUT2D eigenvalue weighted by atomic mass is 9.75. The fraction of sp³-hybridized carbons (Fsp3) is 0.611. The summed E-state index contributed by atoms with van der Waals surface area (Å²) in [5, 5.41) is 9.12. The van der Waals surface area contributed by atoms with Crippen molar-refractivity contribution in [2.45, 2.75) is 37.3 Å². The summed E-state index contributed by atoms with van der Waals surface area (Å²) in [6.07, 6.45) is 8.14. The summed E-state index contributed by atoms with van der Waals surface area (Å²) in [7, 11) is 1.90. The zero-order chi connectivity index (χ0) is 17.2. The third kappa shape index (κ3) is 3.47. The molecule has 0 unspecified atom stereocenters. The highest BCUT2D eigenvalue weighted by Crippen LogP contribution is 2.36. The van der Waals surface area contributed by atoms with Gasteiger partial charge in [0.15, 0.2) is 16.7 Å². The average molecular weight is 360 g/mol. The van der Waals surface area contributed by atoms with Gasteiger partial charge in [0.05, 0.1) is 12.0 Å². The standard InChI is InChI=1S/C18H24N4O2S/c1-21-17(15-7-4-10-24-15)19-20-18(21)25-12-16(23)22-9-8-13-5-2-3-6-14(13)11-22/h4,7,10,13-14H,2-3,5-6,8-9,11-12H2,1H3/t13-,14+/m1/s1. The lowest BCUT2D eigenvalue weighted by molar-refractivity contribution is -0.131. The quantitative estimate of drug-likeness (QED) is 0.784. The van der Waals surface area contributed by atoms with E-state index >= 15 is 0 Å². The lowest BCUT2D eigenvalue weighted by Gasteiger charge is -2.41. The molecule has 0 aromatic carbocycles. The molecule has 1 saturated heterocycles. The molecule has 2 aromatic rings. The number of likely N-dealkylation sites (tertiary alicyclic amines) is 1. The highest BCUT2D eigenvalue weighted by atomic mass is 32.2. The second-order valence-electron chi connectivity index (χ2n) is 7.06. The summed E-state index contributed by atoms with van der Waals surface area (Å²) < 4.78 is 7.26. The van der Waals surface area contributed by atoms with Crippen LogP contribution in [0.25, 0.3) is 11.6 Å². The Morgan fingerprint density at radius 1 is 1.28 bits per heavy atom. The van der Waals surface area contributed by atoms with E-state index in [4.69, 9.17) is 4.42 Å². The lowest BCUT2D eigenvalue weighted by Crippen LogP contribution is -2.45. The van der Waals surface area contributed by atoms with Crippen molar-refractivity contribution >= 4 is 17.7 Å². The summed E-state index contributed by atoms with van der Waals surface area (Å²) in [5.74, 6) is 3.57. The topological polar surface area (TPSA) is 64.2 Å². The van der Waals surface area contributed by atoms with Crippen LogP contribution in [0.5, 0.6) is 0 Å². The number of piperidine rings is 1. The van der Waals surface area contributed by atoms with E-state index in [0.717, 1.165) is 30.1 Å². The van der Waals surface area contributed by atoms with Gasteiger partial charge in [-0.3, -0.25) is 4.79 Å². The van der Waals surface area contributed by atoms with Gasteiger partial charge in [-0.25, -0.2) is 0 Å². The maximum Gasteiger partial charge on any atom is 0.233 e. The first-order valence-corrected chi connectivity index (χ1v) is 10.0. The number of thioether (sulfide) groups is 1. The fourth-order valence-electron chi connectivity index (χ4n) is 4.11. The van der Waals surface area contributed by atoms with Crippen molar-refractivity contribution in [3.8, 4) is 11.6 Å². The second-order valence-corrected chi connectivity index (χ2v) is 8.01. The number of carbonyl (C=O) groups is 1. The number of furan rings is 1. The monoisotopic (exact) mass is 360 g/mol. The minimum Gasteiger partial charge on any atom is -0.461 e. The van der Waals surface area contributed by atoms with Crippen molar-refractivity contribution in [1.82, 2.24) is 19.7 Å². The summed E-state index contributed by atoms with van der Waals surface area (Å²) in [5.41, 5.74) is 0. The molecule has 2 aromatic heterocycles. The molecule has 7 heteroatoms. The van der Waals surface area contributed by atoms with Crippen molar-refractivity contribution < 1.29 is 9.21 Å². The molecule has 1 saturated carbocycles. The maximum atomic E-state index is 12.6. The van der Waals surface area contributed by atoms with E-state index in [9.17, 15) is 4.79 Å². The van der Waals surface area contributed by atoms with Crippen LogP contribution < -0.4 is 0 Å². The minimum atomic E-state index is 0.219. The molecule has 2 atom stereocenters.